The first-order valence-electron chi connectivity index (χ1n) is 23.4. The Morgan fingerprint density at radius 2 is 1.32 bits per heavy atom. The molecule has 3 heterocycles. The van der Waals surface area contributed by atoms with E-state index < -0.39 is 0 Å². The van der Waals surface area contributed by atoms with E-state index in [1.807, 2.05) is 11.3 Å². The van der Waals surface area contributed by atoms with Crippen molar-refractivity contribution < 1.29 is 0 Å². The lowest BCUT2D eigenvalue weighted by Gasteiger charge is -2.38. The van der Waals surface area contributed by atoms with Crippen molar-refractivity contribution in [2.24, 2.45) is 4.99 Å². The molecule has 10 heteroatoms. The monoisotopic (exact) mass is 848 g/mol. The molecule has 2 saturated heterocycles. The Hall–Kier alpha value is -3.70. The summed E-state index contributed by atoms with van der Waals surface area (Å²) in [4.78, 5) is 25.3. The van der Waals surface area contributed by atoms with Crippen LogP contribution >= 0.6 is 24.0 Å². The number of hydrogen-bond acceptors (Lipinski definition) is 9. The minimum Gasteiger partial charge on any atom is -0.372 e. The van der Waals surface area contributed by atoms with Crippen molar-refractivity contribution in [2.45, 2.75) is 90.4 Å². The number of benzene rings is 3. The average molecular weight is 848 g/mol. The second-order valence-corrected chi connectivity index (χ2v) is 18.6. The number of anilines is 2. The Labute approximate surface area is 370 Å². The van der Waals surface area contributed by atoms with Crippen molar-refractivity contribution in [1.29, 1.82) is 0 Å². The van der Waals surface area contributed by atoms with Gasteiger partial charge in [-0.25, -0.2) is 9.56 Å². The lowest BCUT2D eigenvalue weighted by atomic mass is 10.1. The molecule has 0 unspecified atom stereocenters. The van der Waals surface area contributed by atoms with Crippen LogP contribution in [0.15, 0.2) is 88.4 Å². The highest BCUT2D eigenvalue weighted by Crippen LogP contribution is 2.33. The predicted octanol–water partition coefficient (Wildman–Crippen LogP) is 9.82. The van der Waals surface area contributed by atoms with Crippen LogP contribution in [-0.4, -0.2) is 117 Å². The van der Waals surface area contributed by atoms with Crippen molar-refractivity contribution in [2.75, 3.05) is 101 Å². The van der Waals surface area contributed by atoms with Crippen molar-refractivity contribution >= 4 is 57.0 Å². The third-order valence-electron chi connectivity index (χ3n) is 12.6. The second kappa shape index (κ2) is 22.4. The Bertz CT molecular complexity index is 2100. The normalized spacial score (nSPS) is 17.3. The van der Waals surface area contributed by atoms with Gasteiger partial charge in [-0.1, -0.05) is 59.5 Å². The summed E-state index contributed by atoms with van der Waals surface area (Å²) in [6, 6.07) is 20.4. The molecule has 322 valence electrons. The van der Waals surface area contributed by atoms with E-state index in [-0.39, 0.29) is 0 Å². The zero-order valence-corrected chi connectivity index (χ0v) is 38.8. The molecule has 2 fully saturated rings. The van der Waals surface area contributed by atoms with Crippen LogP contribution in [0.25, 0.3) is 20.8 Å². The molecule has 2 aromatic carbocycles. The van der Waals surface area contributed by atoms with Crippen LogP contribution < -0.4 is 19.7 Å². The third-order valence-corrected chi connectivity index (χ3v) is 14.1. The number of hydrogen-bond donors (Lipinski definition) is 1. The molecule has 0 aromatic heterocycles. The summed E-state index contributed by atoms with van der Waals surface area (Å²) < 4.78 is 3.86. The zero-order chi connectivity index (χ0) is 41.7. The van der Waals surface area contributed by atoms with Crippen molar-refractivity contribution in [1.82, 2.24) is 24.3 Å². The van der Waals surface area contributed by atoms with Crippen LogP contribution in [0.2, 0.25) is 0 Å². The van der Waals surface area contributed by atoms with Gasteiger partial charge in [-0.05, 0) is 80.3 Å². The summed E-state index contributed by atoms with van der Waals surface area (Å²) in [6.07, 6.45) is 17.5. The quantitative estimate of drug-likeness (QED) is 0.0577. The number of rotatable bonds is 19. The Balaban J connectivity index is 0.874. The molecule has 0 spiro atoms. The summed E-state index contributed by atoms with van der Waals surface area (Å²) in [6.45, 7) is 24.6. The van der Waals surface area contributed by atoms with Crippen LogP contribution in [0.4, 0.5) is 17.1 Å². The van der Waals surface area contributed by atoms with E-state index in [4.69, 9.17) is 22.6 Å². The molecule has 0 radical (unpaired) electrons. The number of piperazine rings is 2. The summed E-state index contributed by atoms with van der Waals surface area (Å²) >= 11 is 6.76. The maximum Gasteiger partial charge on any atom is 0.201 e. The molecule has 0 N–H and O–H groups in total. The third kappa shape index (κ3) is 11.8. The zero-order valence-electron chi connectivity index (χ0n) is 37.1. The van der Waals surface area contributed by atoms with Crippen LogP contribution in [0.3, 0.4) is 0 Å². The maximum atomic E-state index is 5.08. The number of aromatic nitrogens is 1. The van der Waals surface area contributed by atoms with Gasteiger partial charge in [0.2, 0.25) is 5.36 Å². The van der Waals surface area contributed by atoms with Gasteiger partial charge in [0, 0.05) is 112 Å². The fraction of sp³-hybridized carbons (Fsp3) is 0.540. The number of nitrogens with zero attached hydrogens (tertiary/aromatic N) is 8. The predicted molar refractivity (Wildman–Crippen MR) is 262 cm³/mol. The van der Waals surface area contributed by atoms with E-state index in [1.54, 1.807) is 0 Å². The maximum absolute atomic E-state index is 5.08. The van der Waals surface area contributed by atoms with E-state index in [1.165, 1.54) is 83.4 Å². The summed E-state index contributed by atoms with van der Waals surface area (Å²) in [5, 5.41) is 1.33. The van der Waals surface area contributed by atoms with Crippen LogP contribution in [0.5, 0.6) is 0 Å². The fourth-order valence-electron chi connectivity index (χ4n) is 8.68. The van der Waals surface area contributed by atoms with Gasteiger partial charge in [-0.15, -0.1) is 24.0 Å². The average Bonchev–Trinajstić information content (AvgIpc) is 3.28. The first-order valence-corrected chi connectivity index (χ1v) is 24.6. The van der Waals surface area contributed by atoms with Gasteiger partial charge in [0.25, 0.3) is 0 Å². The molecule has 2 aliphatic carbocycles. The number of unbranched alkanes of at least 4 members (excludes halogenated alkanes) is 4. The second-order valence-electron chi connectivity index (χ2n) is 17.0. The highest BCUT2D eigenvalue weighted by atomic mass is 32.1. The van der Waals surface area contributed by atoms with Gasteiger partial charge in [-0.2, -0.15) is 0 Å². The van der Waals surface area contributed by atoms with E-state index in [0.29, 0.717) is 0 Å². The van der Waals surface area contributed by atoms with Gasteiger partial charge < -0.3 is 14.7 Å². The SMILES string of the molecule is CCCCN(CCCC)c1ccc(N=C2C=CC(N3CCN(CCN4CC[N+](=c5ccc6nc7ccc(N(CCCC)CCCC)cc7sc-6c5)CC4)CC3)=CC2)c(S)c1. The summed E-state index contributed by atoms with van der Waals surface area (Å²) in [5.41, 5.74) is 8.20. The van der Waals surface area contributed by atoms with Crippen LogP contribution in [0.1, 0.15) is 85.5 Å². The van der Waals surface area contributed by atoms with E-state index >= 15 is 0 Å². The summed E-state index contributed by atoms with van der Waals surface area (Å²) in [5.74, 6) is 0. The van der Waals surface area contributed by atoms with Gasteiger partial charge in [0.15, 0.2) is 13.1 Å². The topological polar surface area (TPSA) is 44.5 Å². The lowest BCUT2D eigenvalue weighted by Crippen LogP contribution is -2.51. The highest BCUT2D eigenvalue weighted by Gasteiger charge is 2.23. The minimum absolute atomic E-state index is 0.859. The molecular weight excluding hydrogens is 777 g/mol. The van der Waals surface area contributed by atoms with Gasteiger partial charge in [-0.3, -0.25) is 14.8 Å². The molecule has 5 aliphatic rings. The molecule has 0 atom stereocenters. The molecule has 0 bridgehead atoms. The molecule has 0 amide bonds. The molecule has 7 rings (SSSR count). The largest absolute Gasteiger partial charge is 0.372 e. The number of aliphatic imine (C=N–C) groups is 1. The number of thiol groups is 1. The van der Waals surface area contributed by atoms with Gasteiger partial charge in [0.1, 0.15) is 0 Å². The molecule has 60 heavy (non-hydrogen) atoms. The van der Waals surface area contributed by atoms with Crippen molar-refractivity contribution in [3.63, 3.8) is 0 Å². The Morgan fingerprint density at radius 3 is 1.92 bits per heavy atom. The van der Waals surface area contributed by atoms with Crippen LogP contribution in [0, 0.1) is 0 Å². The molecule has 8 nitrogen and oxygen atoms in total. The Kier molecular flexibility index (Phi) is 16.6. The smallest absolute Gasteiger partial charge is 0.201 e. The lowest BCUT2D eigenvalue weighted by molar-refractivity contribution is 0.133. The number of fused-ring (bicyclic) bond motifs is 2. The van der Waals surface area contributed by atoms with Crippen LogP contribution in [-0.2, 0) is 0 Å². The molecule has 3 aliphatic heterocycles. The van der Waals surface area contributed by atoms with E-state index in [9.17, 15) is 0 Å². The standard InChI is InChI=1S/C50H70N8S2/c1-5-9-23-55(24-10-6-2)42-17-20-45(48(59)37-42)51-40-13-15-41(16-14-40)57-33-29-53(30-34-57)27-28-54-31-35-58(36-32-54)44-19-22-47-50(39-44)60-49-38-43(18-21-46(49)52-47)56(25-11-7-3)26-12-8-4/h13,15-22,37-39H,5-12,14,23-36H2,1-4H3/p+1. The first kappa shape index (κ1) is 44.4. The first-order chi connectivity index (χ1) is 29.4. The van der Waals surface area contributed by atoms with Crippen molar-refractivity contribution in [3.05, 3.63) is 83.9 Å². The Morgan fingerprint density at radius 1 is 0.700 bits per heavy atom. The highest BCUT2D eigenvalue weighted by molar-refractivity contribution is 7.80. The van der Waals surface area contributed by atoms with Crippen molar-refractivity contribution in [3.8, 4) is 10.6 Å². The molecule has 0 saturated carbocycles. The fourth-order valence-corrected chi connectivity index (χ4v) is 9.97. The van der Waals surface area contributed by atoms with Gasteiger partial charge in [0.05, 0.1) is 39.6 Å². The van der Waals surface area contributed by atoms with Gasteiger partial charge >= 0.3 is 0 Å². The van der Waals surface area contributed by atoms with E-state index in [2.05, 4.69) is 130 Å². The molecule has 2 aromatic rings. The summed E-state index contributed by atoms with van der Waals surface area (Å²) in [7, 11) is 0. The molecular formula is C50H71N8S2+. The number of allylic oxidation sites excluding steroid dienone is 3. The van der Waals surface area contributed by atoms with E-state index in [0.717, 1.165) is 126 Å². The minimum atomic E-state index is 0.859.